The van der Waals surface area contributed by atoms with E-state index < -0.39 is 0 Å². The van der Waals surface area contributed by atoms with Crippen LogP contribution in [0.1, 0.15) is 25.8 Å². The summed E-state index contributed by atoms with van der Waals surface area (Å²) in [5.74, 6) is -0.284. The first kappa shape index (κ1) is 15.1. The van der Waals surface area contributed by atoms with Crippen molar-refractivity contribution in [1.82, 2.24) is 5.32 Å². The van der Waals surface area contributed by atoms with Gasteiger partial charge in [0.15, 0.2) is 5.11 Å². The molecule has 3 N–H and O–H groups in total. The first-order valence-electron chi connectivity index (χ1n) is 5.91. The van der Waals surface area contributed by atoms with Gasteiger partial charge < -0.3 is 16.0 Å². The Labute approximate surface area is 117 Å². The molecule has 1 rings (SSSR count). The average molecular weight is 279 g/mol. The molecule has 0 fully saturated rings. The smallest absolute Gasteiger partial charge is 0.224 e. The maximum Gasteiger partial charge on any atom is 0.224 e. The minimum atomic E-state index is -0.232. The lowest BCUT2D eigenvalue weighted by Gasteiger charge is -2.12. The van der Waals surface area contributed by atoms with E-state index in [-0.39, 0.29) is 16.9 Å². The molecule has 5 nitrogen and oxygen atoms in total. The molecule has 0 aliphatic carbocycles. The molecule has 2 amide bonds. The molecule has 0 atom stereocenters. The normalized spacial score (nSPS) is 9.63. The highest BCUT2D eigenvalue weighted by atomic mass is 32.1. The van der Waals surface area contributed by atoms with Crippen molar-refractivity contribution in [1.29, 1.82) is 0 Å². The van der Waals surface area contributed by atoms with E-state index in [4.69, 9.17) is 12.2 Å². The number of amides is 2. The lowest BCUT2D eigenvalue weighted by Crippen LogP contribution is -2.32. The second kappa shape index (κ2) is 6.84. The van der Waals surface area contributed by atoms with E-state index >= 15 is 0 Å². The van der Waals surface area contributed by atoms with Gasteiger partial charge in [-0.25, -0.2) is 0 Å². The summed E-state index contributed by atoms with van der Waals surface area (Å²) in [5, 5.41) is 8.38. The SMILES string of the molecule is CCC(=O)Nc1cc(NC(=S)NC(C)=O)ccc1C. The molecule has 0 spiro atoms. The van der Waals surface area contributed by atoms with Crippen LogP contribution in [0.5, 0.6) is 0 Å². The third kappa shape index (κ3) is 5.05. The Kier molecular flexibility index (Phi) is 5.44. The van der Waals surface area contributed by atoms with Gasteiger partial charge in [0.1, 0.15) is 0 Å². The van der Waals surface area contributed by atoms with E-state index in [9.17, 15) is 9.59 Å². The fourth-order valence-corrected chi connectivity index (χ4v) is 1.66. The van der Waals surface area contributed by atoms with Crippen molar-refractivity contribution in [3.63, 3.8) is 0 Å². The molecule has 0 aromatic heterocycles. The summed E-state index contributed by atoms with van der Waals surface area (Å²) in [6.45, 7) is 5.08. The van der Waals surface area contributed by atoms with Crippen molar-refractivity contribution in [2.45, 2.75) is 27.2 Å². The molecule has 19 heavy (non-hydrogen) atoms. The van der Waals surface area contributed by atoms with Crippen LogP contribution < -0.4 is 16.0 Å². The third-order valence-corrected chi connectivity index (χ3v) is 2.58. The molecular formula is C13H17N3O2S. The van der Waals surface area contributed by atoms with Gasteiger partial charge in [-0.3, -0.25) is 9.59 Å². The Morgan fingerprint density at radius 3 is 2.53 bits per heavy atom. The molecule has 0 aliphatic rings. The summed E-state index contributed by atoms with van der Waals surface area (Å²) >= 11 is 4.97. The van der Waals surface area contributed by atoms with E-state index in [1.807, 2.05) is 19.1 Å². The predicted molar refractivity (Wildman–Crippen MR) is 80.1 cm³/mol. The van der Waals surface area contributed by atoms with Crippen molar-refractivity contribution in [2.75, 3.05) is 10.6 Å². The van der Waals surface area contributed by atoms with Crippen molar-refractivity contribution in [3.8, 4) is 0 Å². The van der Waals surface area contributed by atoms with Crippen LogP contribution >= 0.6 is 12.2 Å². The molecule has 0 bridgehead atoms. The maximum absolute atomic E-state index is 11.4. The van der Waals surface area contributed by atoms with Gasteiger partial charge in [-0.1, -0.05) is 13.0 Å². The van der Waals surface area contributed by atoms with Crippen LogP contribution in [0.25, 0.3) is 0 Å². The first-order chi connectivity index (χ1) is 8.92. The highest BCUT2D eigenvalue weighted by Gasteiger charge is 2.05. The first-order valence-corrected chi connectivity index (χ1v) is 6.32. The number of rotatable bonds is 3. The molecule has 0 unspecified atom stereocenters. The molecule has 1 aromatic rings. The number of anilines is 2. The van der Waals surface area contributed by atoms with Gasteiger partial charge in [-0.05, 0) is 36.8 Å². The van der Waals surface area contributed by atoms with Crippen molar-refractivity contribution in [2.24, 2.45) is 0 Å². The van der Waals surface area contributed by atoms with E-state index in [1.54, 1.807) is 13.0 Å². The van der Waals surface area contributed by atoms with Gasteiger partial charge in [0.05, 0.1) is 0 Å². The highest BCUT2D eigenvalue weighted by molar-refractivity contribution is 7.80. The summed E-state index contributed by atoms with van der Waals surface area (Å²) in [7, 11) is 0. The molecule has 6 heteroatoms. The Hall–Kier alpha value is -1.95. The molecule has 0 radical (unpaired) electrons. The standard InChI is InChI=1S/C13H17N3O2S/c1-4-12(18)16-11-7-10(6-5-8(11)2)15-13(19)14-9(3)17/h5-7H,4H2,1-3H3,(H,16,18)(H2,14,15,17,19). The van der Waals surface area contributed by atoms with Crippen molar-refractivity contribution in [3.05, 3.63) is 23.8 Å². The molecule has 0 aliphatic heterocycles. The lowest BCUT2D eigenvalue weighted by molar-refractivity contribution is -0.117. The van der Waals surface area contributed by atoms with E-state index in [1.165, 1.54) is 6.92 Å². The summed E-state index contributed by atoms with van der Waals surface area (Å²) in [6.07, 6.45) is 0.418. The zero-order chi connectivity index (χ0) is 14.4. The number of carbonyl (C=O) groups is 2. The number of aryl methyl sites for hydroxylation is 1. The number of hydrogen-bond acceptors (Lipinski definition) is 3. The largest absolute Gasteiger partial charge is 0.332 e. The van der Waals surface area contributed by atoms with E-state index in [0.29, 0.717) is 12.1 Å². The van der Waals surface area contributed by atoms with Gasteiger partial charge >= 0.3 is 0 Å². The van der Waals surface area contributed by atoms with Gasteiger partial charge in [0, 0.05) is 24.7 Å². The second-order valence-corrected chi connectivity index (χ2v) is 4.47. The lowest BCUT2D eigenvalue weighted by atomic mass is 10.1. The van der Waals surface area contributed by atoms with Crippen molar-refractivity contribution >= 4 is 40.5 Å². The summed E-state index contributed by atoms with van der Waals surface area (Å²) < 4.78 is 0. The third-order valence-electron chi connectivity index (χ3n) is 2.38. The molecule has 1 aromatic carbocycles. The average Bonchev–Trinajstić information content (AvgIpc) is 2.32. The van der Waals surface area contributed by atoms with E-state index in [2.05, 4.69) is 16.0 Å². The number of hydrogen-bond donors (Lipinski definition) is 3. The number of thiocarbonyl (C=S) groups is 1. The highest BCUT2D eigenvalue weighted by Crippen LogP contribution is 2.20. The van der Waals surface area contributed by atoms with Crippen LogP contribution in [0.2, 0.25) is 0 Å². The van der Waals surface area contributed by atoms with E-state index in [0.717, 1.165) is 11.3 Å². The van der Waals surface area contributed by atoms with Crippen LogP contribution in [0.4, 0.5) is 11.4 Å². The minimum Gasteiger partial charge on any atom is -0.332 e. The Morgan fingerprint density at radius 2 is 1.95 bits per heavy atom. The summed E-state index contributed by atoms with van der Waals surface area (Å²) in [5.41, 5.74) is 2.39. The van der Waals surface area contributed by atoms with Gasteiger partial charge in [0.25, 0.3) is 0 Å². The molecule has 0 saturated carbocycles. The van der Waals surface area contributed by atoms with Gasteiger partial charge in [0.2, 0.25) is 11.8 Å². The van der Waals surface area contributed by atoms with Gasteiger partial charge in [-0.15, -0.1) is 0 Å². The van der Waals surface area contributed by atoms with Crippen molar-refractivity contribution < 1.29 is 9.59 Å². The second-order valence-electron chi connectivity index (χ2n) is 4.07. The van der Waals surface area contributed by atoms with Crippen LogP contribution in [0.3, 0.4) is 0 Å². The monoisotopic (exact) mass is 279 g/mol. The molecule has 102 valence electrons. The van der Waals surface area contributed by atoms with Crippen LogP contribution in [0.15, 0.2) is 18.2 Å². The maximum atomic E-state index is 11.4. The quantitative estimate of drug-likeness (QED) is 0.742. The number of benzene rings is 1. The Bertz CT molecular complexity index is 515. The molecular weight excluding hydrogens is 262 g/mol. The Morgan fingerprint density at radius 1 is 1.26 bits per heavy atom. The fourth-order valence-electron chi connectivity index (χ4n) is 1.40. The molecule has 0 heterocycles. The zero-order valence-electron chi connectivity index (χ0n) is 11.2. The zero-order valence-corrected chi connectivity index (χ0v) is 12.0. The number of carbonyl (C=O) groups excluding carboxylic acids is 2. The van der Waals surface area contributed by atoms with Gasteiger partial charge in [-0.2, -0.15) is 0 Å². The van der Waals surface area contributed by atoms with Crippen LogP contribution in [0, 0.1) is 6.92 Å². The summed E-state index contributed by atoms with van der Waals surface area (Å²) in [4.78, 5) is 22.3. The fraction of sp³-hybridized carbons (Fsp3) is 0.308. The van der Waals surface area contributed by atoms with Crippen LogP contribution in [-0.2, 0) is 9.59 Å². The number of nitrogens with one attached hydrogen (secondary N) is 3. The topological polar surface area (TPSA) is 70.2 Å². The predicted octanol–water partition coefficient (Wildman–Crippen LogP) is 2.18. The van der Waals surface area contributed by atoms with Crippen LogP contribution in [-0.4, -0.2) is 16.9 Å². The summed E-state index contributed by atoms with van der Waals surface area (Å²) in [6, 6.07) is 5.46. The Balaban J connectivity index is 2.81. The minimum absolute atomic E-state index is 0.0512. The molecule has 0 saturated heterocycles.